The van der Waals surface area contributed by atoms with E-state index in [1.54, 1.807) is 20.2 Å². The van der Waals surface area contributed by atoms with Gasteiger partial charge in [0.05, 0.1) is 11.0 Å². The molecule has 0 bridgehead atoms. The van der Waals surface area contributed by atoms with Crippen LogP contribution in [-0.4, -0.2) is 14.1 Å². The number of fused-ring (bicyclic) bond motifs is 1. The fraction of sp³-hybridized carbons (Fsp3) is 0.188. The van der Waals surface area contributed by atoms with Gasteiger partial charge in [-0.15, -0.1) is 0 Å². The number of aromatic nitrogens is 3. The van der Waals surface area contributed by atoms with Gasteiger partial charge in [-0.3, -0.25) is 9.36 Å². The van der Waals surface area contributed by atoms with Crippen molar-refractivity contribution in [3.8, 4) is 17.2 Å². The molecule has 0 aliphatic rings. The lowest BCUT2D eigenvalue weighted by Gasteiger charge is -2.11. The lowest BCUT2D eigenvalue weighted by molar-refractivity contribution is 0.817. The second-order valence-corrected chi connectivity index (χ2v) is 5.25. The molecule has 1 aromatic carbocycles. The van der Waals surface area contributed by atoms with Crippen LogP contribution in [0.3, 0.4) is 0 Å². The summed E-state index contributed by atoms with van der Waals surface area (Å²) < 4.78 is 3.00. The molecule has 0 radical (unpaired) electrons. The average Bonchev–Trinajstić information content (AvgIpc) is 2.80. The van der Waals surface area contributed by atoms with Crippen LogP contribution in [0, 0.1) is 18.3 Å². The number of rotatable bonds is 1. The molecule has 2 aromatic heterocycles. The minimum absolute atomic E-state index is 0.103. The number of H-pyrrole nitrogens is 1. The number of nitrogens with one attached hydrogen (secondary N) is 1. The summed E-state index contributed by atoms with van der Waals surface area (Å²) >= 11 is 0. The zero-order valence-corrected chi connectivity index (χ0v) is 12.5. The van der Waals surface area contributed by atoms with Crippen molar-refractivity contribution in [3.63, 3.8) is 0 Å². The summed E-state index contributed by atoms with van der Waals surface area (Å²) in [5.74, 6) is 0. The molecule has 0 atom stereocenters. The molecule has 6 heteroatoms. The van der Waals surface area contributed by atoms with Crippen molar-refractivity contribution in [2.75, 3.05) is 0 Å². The monoisotopic (exact) mass is 294 g/mol. The Morgan fingerprint density at radius 1 is 1.14 bits per heavy atom. The molecular formula is C16H14N4O2. The van der Waals surface area contributed by atoms with E-state index in [-0.39, 0.29) is 16.8 Å². The van der Waals surface area contributed by atoms with Crippen LogP contribution in [0.5, 0.6) is 0 Å². The van der Waals surface area contributed by atoms with E-state index < -0.39 is 0 Å². The standard InChI is InChI=1S/C16H14N4O2/c1-9-12(6-11(8-17)15(21)19(9)2)10-4-5-13-14(7-10)20(3)16(22)18-13/h4-7H,1-3H3,(H,18,22). The third-order valence-electron chi connectivity index (χ3n) is 4.05. The fourth-order valence-corrected chi connectivity index (χ4v) is 2.59. The Hall–Kier alpha value is -3.07. The Balaban J connectivity index is 2.35. The van der Waals surface area contributed by atoms with Crippen molar-refractivity contribution >= 4 is 11.0 Å². The normalized spacial score (nSPS) is 10.8. The number of hydrogen-bond donors (Lipinski definition) is 1. The average molecular weight is 294 g/mol. The smallest absolute Gasteiger partial charge is 0.314 e. The first-order valence-corrected chi connectivity index (χ1v) is 6.74. The van der Waals surface area contributed by atoms with Crippen molar-refractivity contribution in [3.05, 3.63) is 56.4 Å². The topological polar surface area (TPSA) is 83.6 Å². The maximum atomic E-state index is 12.0. The highest BCUT2D eigenvalue weighted by Gasteiger charge is 2.12. The van der Waals surface area contributed by atoms with Gasteiger partial charge in [-0.2, -0.15) is 5.26 Å². The highest BCUT2D eigenvalue weighted by atomic mass is 16.1. The zero-order chi connectivity index (χ0) is 16.0. The van der Waals surface area contributed by atoms with Crippen molar-refractivity contribution in [1.82, 2.24) is 14.1 Å². The molecule has 0 amide bonds. The first kappa shape index (κ1) is 13.9. The van der Waals surface area contributed by atoms with E-state index in [0.717, 1.165) is 27.9 Å². The van der Waals surface area contributed by atoms with Crippen LogP contribution in [0.1, 0.15) is 11.3 Å². The van der Waals surface area contributed by atoms with Gasteiger partial charge in [0, 0.05) is 25.4 Å². The molecule has 1 N–H and O–H groups in total. The molecule has 0 unspecified atom stereocenters. The Morgan fingerprint density at radius 3 is 2.55 bits per heavy atom. The van der Waals surface area contributed by atoms with E-state index in [1.165, 1.54) is 9.13 Å². The van der Waals surface area contributed by atoms with Crippen LogP contribution in [0.4, 0.5) is 0 Å². The summed E-state index contributed by atoms with van der Waals surface area (Å²) in [6.07, 6.45) is 0. The molecule has 0 spiro atoms. The number of benzene rings is 1. The van der Waals surface area contributed by atoms with E-state index >= 15 is 0 Å². The lowest BCUT2D eigenvalue weighted by atomic mass is 10.0. The fourth-order valence-electron chi connectivity index (χ4n) is 2.59. The van der Waals surface area contributed by atoms with Crippen LogP contribution in [0.15, 0.2) is 33.9 Å². The first-order valence-electron chi connectivity index (χ1n) is 6.74. The molecule has 0 saturated heterocycles. The third kappa shape index (κ3) is 1.87. The van der Waals surface area contributed by atoms with E-state index in [4.69, 9.17) is 5.26 Å². The van der Waals surface area contributed by atoms with Crippen LogP contribution >= 0.6 is 0 Å². The van der Waals surface area contributed by atoms with Crippen LogP contribution in [0.2, 0.25) is 0 Å². The SMILES string of the molecule is Cc1c(-c2ccc3[nH]c(=O)n(C)c3c2)cc(C#N)c(=O)n1C. The Labute approximate surface area is 125 Å². The first-order chi connectivity index (χ1) is 10.4. The number of hydrogen-bond acceptors (Lipinski definition) is 3. The number of nitriles is 1. The Morgan fingerprint density at radius 2 is 1.86 bits per heavy atom. The second kappa shape index (κ2) is 4.74. The van der Waals surface area contributed by atoms with E-state index in [0.29, 0.717) is 0 Å². The number of nitrogens with zero attached hydrogens (tertiary/aromatic N) is 3. The Kier molecular flexibility index (Phi) is 2.99. The van der Waals surface area contributed by atoms with Gasteiger partial charge in [0.15, 0.2) is 0 Å². The lowest BCUT2D eigenvalue weighted by Crippen LogP contribution is -2.22. The molecule has 110 valence electrons. The number of aryl methyl sites for hydroxylation is 1. The highest BCUT2D eigenvalue weighted by Crippen LogP contribution is 2.25. The quantitative estimate of drug-likeness (QED) is 0.736. The van der Waals surface area contributed by atoms with Gasteiger partial charge in [0.1, 0.15) is 11.6 Å². The van der Waals surface area contributed by atoms with Gasteiger partial charge in [0.2, 0.25) is 0 Å². The van der Waals surface area contributed by atoms with Gasteiger partial charge in [-0.1, -0.05) is 6.07 Å². The molecule has 3 aromatic rings. The third-order valence-corrected chi connectivity index (χ3v) is 4.05. The summed E-state index contributed by atoms with van der Waals surface area (Å²) in [6.45, 7) is 1.83. The molecule has 22 heavy (non-hydrogen) atoms. The van der Waals surface area contributed by atoms with Crippen molar-refractivity contribution in [2.45, 2.75) is 6.92 Å². The highest BCUT2D eigenvalue weighted by molar-refractivity contribution is 5.82. The molecule has 2 heterocycles. The molecular weight excluding hydrogens is 280 g/mol. The van der Waals surface area contributed by atoms with Crippen LogP contribution in [-0.2, 0) is 14.1 Å². The predicted octanol–water partition coefficient (Wildman–Crippen LogP) is 1.41. The van der Waals surface area contributed by atoms with Gasteiger partial charge in [0.25, 0.3) is 5.56 Å². The minimum atomic E-state index is -0.307. The van der Waals surface area contributed by atoms with Crippen molar-refractivity contribution in [1.29, 1.82) is 5.26 Å². The minimum Gasteiger partial charge on any atom is -0.314 e. The molecule has 0 aliphatic heterocycles. The van der Waals surface area contributed by atoms with E-state index in [1.807, 2.05) is 31.2 Å². The predicted molar refractivity (Wildman–Crippen MR) is 83.7 cm³/mol. The van der Waals surface area contributed by atoms with Gasteiger partial charge in [-0.25, -0.2) is 4.79 Å². The van der Waals surface area contributed by atoms with Crippen LogP contribution < -0.4 is 11.2 Å². The number of aromatic amines is 1. The molecule has 3 rings (SSSR count). The summed E-state index contributed by atoms with van der Waals surface area (Å²) in [6, 6.07) is 9.10. The second-order valence-electron chi connectivity index (χ2n) is 5.25. The summed E-state index contributed by atoms with van der Waals surface area (Å²) in [5, 5.41) is 9.11. The van der Waals surface area contributed by atoms with Crippen molar-refractivity contribution in [2.24, 2.45) is 14.1 Å². The maximum Gasteiger partial charge on any atom is 0.326 e. The van der Waals surface area contributed by atoms with Crippen LogP contribution in [0.25, 0.3) is 22.2 Å². The Bertz CT molecular complexity index is 1060. The van der Waals surface area contributed by atoms with Gasteiger partial charge < -0.3 is 9.55 Å². The van der Waals surface area contributed by atoms with Gasteiger partial charge >= 0.3 is 5.69 Å². The summed E-state index contributed by atoms with van der Waals surface area (Å²) in [4.78, 5) is 26.4. The van der Waals surface area contributed by atoms with E-state index in [2.05, 4.69) is 4.98 Å². The summed E-state index contributed by atoms with van der Waals surface area (Å²) in [5.41, 5.74) is 3.56. The maximum absolute atomic E-state index is 12.0. The molecule has 0 fully saturated rings. The molecule has 0 aliphatic carbocycles. The van der Waals surface area contributed by atoms with E-state index in [9.17, 15) is 9.59 Å². The summed E-state index contributed by atoms with van der Waals surface area (Å²) in [7, 11) is 3.34. The number of pyridine rings is 1. The van der Waals surface area contributed by atoms with Gasteiger partial charge in [-0.05, 0) is 30.7 Å². The zero-order valence-electron chi connectivity index (χ0n) is 12.5. The molecule has 6 nitrogen and oxygen atoms in total. The number of imidazole rings is 1. The van der Waals surface area contributed by atoms with Crippen molar-refractivity contribution < 1.29 is 0 Å². The molecule has 0 saturated carbocycles. The largest absolute Gasteiger partial charge is 0.326 e.